The zero-order valence-electron chi connectivity index (χ0n) is 13.4. The van der Waals surface area contributed by atoms with E-state index in [9.17, 15) is 4.79 Å². The number of hydrogen-bond acceptors (Lipinski definition) is 3. The van der Waals surface area contributed by atoms with Gasteiger partial charge in [-0.2, -0.15) is 0 Å². The summed E-state index contributed by atoms with van der Waals surface area (Å²) in [7, 11) is 0. The van der Waals surface area contributed by atoms with E-state index < -0.39 is 5.41 Å². The smallest absolute Gasteiger partial charge is 0.233 e. The highest BCUT2D eigenvalue weighted by Crippen LogP contribution is 2.38. The summed E-state index contributed by atoms with van der Waals surface area (Å²) >= 11 is 0. The molecule has 22 heavy (non-hydrogen) atoms. The summed E-state index contributed by atoms with van der Waals surface area (Å²) in [6.07, 6.45) is 2.58. The van der Waals surface area contributed by atoms with Crippen LogP contribution in [-0.4, -0.2) is 43.7 Å². The molecule has 3 rings (SSSR count). The lowest BCUT2D eigenvalue weighted by molar-refractivity contribution is -0.140. The number of amides is 1. The van der Waals surface area contributed by atoms with Crippen molar-refractivity contribution in [2.75, 3.05) is 32.8 Å². The van der Waals surface area contributed by atoms with Gasteiger partial charge in [-0.15, -0.1) is 0 Å². The minimum atomic E-state index is -0.407. The van der Waals surface area contributed by atoms with Crippen molar-refractivity contribution in [1.82, 2.24) is 4.90 Å². The van der Waals surface area contributed by atoms with Gasteiger partial charge in [-0.25, -0.2) is 0 Å². The molecule has 1 amide bonds. The van der Waals surface area contributed by atoms with Crippen LogP contribution in [0.1, 0.15) is 30.4 Å². The second-order valence-corrected chi connectivity index (χ2v) is 6.70. The molecule has 120 valence electrons. The lowest BCUT2D eigenvalue weighted by Gasteiger charge is -2.39. The van der Waals surface area contributed by atoms with E-state index in [0.29, 0.717) is 25.7 Å². The SMILES string of the molecule is Cc1ccc(C2(C(=O)N3CC[C@@H](CN)C3)CCOCC2)cc1. The third-order valence-corrected chi connectivity index (χ3v) is 5.27. The van der Waals surface area contributed by atoms with Gasteiger partial charge in [0.05, 0.1) is 5.41 Å². The third kappa shape index (κ3) is 2.77. The molecular formula is C18H26N2O2. The van der Waals surface area contributed by atoms with Gasteiger partial charge in [0.15, 0.2) is 0 Å². The number of rotatable bonds is 3. The molecule has 0 radical (unpaired) electrons. The third-order valence-electron chi connectivity index (χ3n) is 5.27. The van der Waals surface area contributed by atoms with Gasteiger partial charge >= 0.3 is 0 Å². The first-order valence-corrected chi connectivity index (χ1v) is 8.30. The van der Waals surface area contributed by atoms with Crippen LogP contribution in [-0.2, 0) is 14.9 Å². The molecule has 1 aromatic rings. The number of nitrogens with two attached hydrogens (primary N) is 1. The Morgan fingerprint density at radius 2 is 2.00 bits per heavy atom. The minimum absolute atomic E-state index is 0.274. The molecule has 2 aliphatic rings. The number of hydrogen-bond donors (Lipinski definition) is 1. The van der Waals surface area contributed by atoms with E-state index in [2.05, 4.69) is 31.2 Å². The van der Waals surface area contributed by atoms with Gasteiger partial charge in [0.25, 0.3) is 0 Å². The van der Waals surface area contributed by atoms with E-state index in [-0.39, 0.29) is 5.91 Å². The first-order chi connectivity index (χ1) is 10.7. The van der Waals surface area contributed by atoms with Gasteiger partial charge in [0.1, 0.15) is 0 Å². The van der Waals surface area contributed by atoms with E-state index in [4.69, 9.17) is 10.5 Å². The van der Waals surface area contributed by atoms with Gasteiger partial charge in [0.2, 0.25) is 5.91 Å². The normalized spacial score (nSPS) is 24.5. The fourth-order valence-electron chi connectivity index (χ4n) is 3.73. The molecule has 0 saturated carbocycles. The molecule has 0 spiro atoms. The van der Waals surface area contributed by atoms with Crippen molar-refractivity contribution in [3.05, 3.63) is 35.4 Å². The molecule has 2 aliphatic heterocycles. The first kappa shape index (κ1) is 15.5. The second kappa shape index (κ2) is 6.39. The highest BCUT2D eigenvalue weighted by molar-refractivity contribution is 5.88. The highest BCUT2D eigenvalue weighted by atomic mass is 16.5. The number of carbonyl (C=O) groups is 1. The molecule has 4 heteroatoms. The Labute approximate surface area is 132 Å². The number of aryl methyl sites for hydroxylation is 1. The molecule has 0 aromatic heterocycles. The highest BCUT2D eigenvalue weighted by Gasteiger charge is 2.45. The average molecular weight is 302 g/mol. The number of likely N-dealkylation sites (tertiary alicyclic amines) is 1. The van der Waals surface area contributed by atoms with E-state index in [1.54, 1.807) is 0 Å². The van der Waals surface area contributed by atoms with Crippen LogP contribution in [0.25, 0.3) is 0 Å². The van der Waals surface area contributed by atoms with Gasteiger partial charge in [-0.3, -0.25) is 4.79 Å². The van der Waals surface area contributed by atoms with Crippen LogP contribution < -0.4 is 5.73 Å². The van der Waals surface area contributed by atoms with Crippen LogP contribution in [0.15, 0.2) is 24.3 Å². The molecule has 2 heterocycles. The maximum atomic E-state index is 13.3. The van der Waals surface area contributed by atoms with Gasteiger partial charge < -0.3 is 15.4 Å². The van der Waals surface area contributed by atoms with E-state index in [1.165, 1.54) is 5.56 Å². The molecule has 1 aromatic carbocycles. The van der Waals surface area contributed by atoms with Crippen molar-refractivity contribution in [3.63, 3.8) is 0 Å². The summed E-state index contributed by atoms with van der Waals surface area (Å²) in [5.74, 6) is 0.731. The Morgan fingerprint density at radius 3 is 2.59 bits per heavy atom. The Balaban J connectivity index is 1.89. The Hall–Kier alpha value is -1.39. The van der Waals surface area contributed by atoms with Crippen molar-refractivity contribution < 1.29 is 9.53 Å². The van der Waals surface area contributed by atoms with Gasteiger partial charge in [-0.05, 0) is 44.2 Å². The van der Waals surface area contributed by atoms with Crippen LogP contribution in [0.2, 0.25) is 0 Å². The van der Waals surface area contributed by atoms with E-state index in [1.807, 2.05) is 4.90 Å². The monoisotopic (exact) mass is 302 g/mol. The molecule has 2 N–H and O–H groups in total. The Bertz CT molecular complexity index is 520. The molecule has 0 aliphatic carbocycles. The van der Waals surface area contributed by atoms with Crippen molar-refractivity contribution in [1.29, 1.82) is 0 Å². The molecule has 2 saturated heterocycles. The first-order valence-electron chi connectivity index (χ1n) is 8.30. The van der Waals surface area contributed by atoms with Crippen molar-refractivity contribution in [2.45, 2.75) is 31.6 Å². The summed E-state index contributed by atoms with van der Waals surface area (Å²) in [6.45, 7) is 5.72. The number of benzene rings is 1. The average Bonchev–Trinajstić information content (AvgIpc) is 3.04. The molecule has 2 fully saturated rings. The van der Waals surface area contributed by atoms with E-state index in [0.717, 1.165) is 37.9 Å². The molecule has 1 atom stereocenters. The standard InChI is InChI=1S/C18H26N2O2/c1-14-2-4-16(5-3-14)18(7-10-22-11-8-18)17(21)20-9-6-15(12-19)13-20/h2-5,15H,6-13,19H2,1H3/t15-/m0/s1. The van der Waals surface area contributed by atoms with E-state index >= 15 is 0 Å². The predicted molar refractivity (Wildman–Crippen MR) is 86.7 cm³/mol. The number of carbonyl (C=O) groups excluding carboxylic acids is 1. The van der Waals surface area contributed by atoms with Crippen LogP contribution in [0, 0.1) is 12.8 Å². The summed E-state index contributed by atoms with van der Waals surface area (Å²) in [6, 6.07) is 8.45. The minimum Gasteiger partial charge on any atom is -0.381 e. The zero-order valence-corrected chi connectivity index (χ0v) is 13.4. The largest absolute Gasteiger partial charge is 0.381 e. The van der Waals surface area contributed by atoms with Gasteiger partial charge in [-0.1, -0.05) is 29.8 Å². The van der Waals surface area contributed by atoms with Crippen molar-refractivity contribution in [3.8, 4) is 0 Å². The molecular weight excluding hydrogens is 276 g/mol. The summed E-state index contributed by atoms with van der Waals surface area (Å²) < 4.78 is 5.53. The van der Waals surface area contributed by atoms with Crippen LogP contribution in [0.5, 0.6) is 0 Å². The zero-order chi connectivity index (χ0) is 15.6. The fraction of sp³-hybridized carbons (Fsp3) is 0.611. The molecule has 0 bridgehead atoms. The second-order valence-electron chi connectivity index (χ2n) is 6.70. The van der Waals surface area contributed by atoms with Crippen molar-refractivity contribution in [2.24, 2.45) is 11.7 Å². The number of nitrogens with zero attached hydrogens (tertiary/aromatic N) is 1. The number of ether oxygens (including phenoxy) is 1. The fourth-order valence-corrected chi connectivity index (χ4v) is 3.73. The maximum absolute atomic E-state index is 13.3. The lowest BCUT2D eigenvalue weighted by Crippen LogP contribution is -2.49. The lowest BCUT2D eigenvalue weighted by atomic mass is 9.73. The Kier molecular flexibility index (Phi) is 4.50. The van der Waals surface area contributed by atoms with Gasteiger partial charge in [0, 0.05) is 26.3 Å². The molecule has 0 unspecified atom stereocenters. The summed E-state index contributed by atoms with van der Waals surface area (Å²) in [5.41, 5.74) is 7.74. The maximum Gasteiger partial charge on any atom is 0.233 e. The predicted octanol–water partition coefficient (Wildman–Crippen LogP) is 1.85. The van der Waals surface area contributed by atoms with Crippen LogP contribution >= 0.6 is 0 Å². The van der Waals surface area contributed by atoms with Crippen LogP contribution in [0.4, 0.5) is 0 Å². The quantitative estimate of drug-likeness (QED) is 0.927. The van der Waals surface area contributed by atoms with Crippen LogP contribution in [0.3, 0.4) is 0 Å². The Morgan fingerprint density at radius 1 is 1.32 bits per heavy atom. The summed E-state index contributed by atoms with van der Waals surface area (Å²) in [4.78, 5) is 15.3. The topological polar surface area (TPSA) is 55.6 Å². The van der Waals surface area contributed by atoms with Crippen molar-refractivity contribution >= 4 is 5.91 Å². The molecule has 4 nitrogen and oxygen atoms in total. The summed E-state index contributed by atoms with van der Waals surface area (Å²) in [5, 5.41) is 0.